The topological polar surface area (TPSA) is 46.1 Å². The molecule has 0 aromatic carbocycles. The van der Waals surface area contributed by atoms with Crippen LogP contribution in [0.1, 0.15) is 40.0 Å². The Labute approximate surface area is 140 Å². The minimum Gasteiger partial charge on any atom is -0.854 e. The molecule has 1 aliphatic rings. The van der Waals surface area contributed by atoms with Crippen LogP contribution in [0.15, 0.2) is 43.5 Å². The molecular weight excluding hydrogens is 284 g/mol. The molecule has 0 amide bonds. The fourth-order valence-corrected chi connectivity index (χ4v) is 0.507. The third kappa shape index (κ3) is 65.6. The van der Waals surface area contributed by atoms with Gasteiger partial charge in [0, 0.05) is 0 Å². The van der Waals surface area contributed by atoms with Gasteiger partial charge in [0.2, 0.25) is 0 Å². The van der Waals surface area contributed by atoms with E-state index in [0.717, 1.165) is 6.42 Å². The van der Waals surface area contributed by atoms with Gasteiger partial charge in [0.1, 0.15) is 0 Å². The van der Waals surface area contributed by atoms with Gasteiger partial charge in [-0.15, -0.1) is 32.8 Å². The second kappa shape index (κ2) is 31.1. The van der Waals surface area contributed by atoms with E-state index in [0.29, 0.717) is 12.8 Å². The molecule has 0 spiro atoms. The summed E-state index contributed by atoms with van der Waals surface area (Å²) in [5.74, 6) is 1.42. The maximum Gasteiger partial charge on any atom is 4.00 e. The van der Waals surface area contributed by atoms with E-state index in [2.05, 4.69) is 46.1 Å². The third-order valence-electron chi connectivity index (χ3n) is 1.23. The third-order valence-corrected chi connectivity index (χ3v) is 1.23. The summed E-state index contributed by atoms with van der Waals surface area (Å²) in [6.07, 6.45) is 14.4. The maximum absolute atomic E-state index is 9.46. The summed E-state index contributed by atoms with van der Waals surface area (Å²) >= 11 is 0. The summed E-state index contributed by atoms with van der Waals surface area (Å²) in [6, 6.07) is 0. The molecule has 0 aliphatic heterocycles. The van der Waals surface area contributed by atoms with E-state index in [1.54, 1.807) is 12.2 Å². The summed E-state index contributed by atoms with van der Waals surface area (Å²) in [4.78, 5) is 0. The van der Waals surface area contributed by atoms with Gasteiger partial charge in [-0.05, 0) is 0 Å². The Morgan fingerprint density at radius 1 is 1.10 bits per heavy atom. The van der Waals surface area contributed by atoms with E-state index in [1.807, 2.05) is 12.2 Å². The summed E-state index contributed by atoms with van der Waals surface area (Å²) in [6.45, 7) is 12.9. The molecule has 1 rings (SSSR count). The van der Waals surface area contributed by atoms with E-state index >= 15 is 0 Å². The molecule has 0 aromatic heterocycles. The molecule has 112 valence electrons. The van der Waals surface area contributed by atoms with Gasteiger partial charge < -0.3 is 16.1 Å². The molecule has 0 atom stereocenters. The molecule has 0 saturated heterocycles. The largest absolute Gasteiger partial charge is 4.00 e. The molecule has 0 aromatic rings. The van der Waals surface area contributed by atoms with E-state index in [4.69, 9.17) is 0 Å². The van der Waals surface area contributed by atoms with Gasteiger partial charge in [0.25, 0.3) is 0 Å². The average molecular weight is 312 g/mol. The summed E-state index contributed by atoms with van der Waals surface area (Å²) < 4.78 is 0. The Balaban J connectivity index is -0.0000000843. The number of hydrogen-bond donors (Lipinski definition) is 0. The Hall–Kier alpha value is -0.406. The van der Waals surface area contributed by atoms with Crippen molar-refractivity contribution in [3.8, 4) is 0 Å². The molecule has 0 radical (unpaired) electrons. The number of hydrogen-bond acceptors (Lipinski definition) is 2. The van der Waals surface area contributed by atoms with Gasteiger partial charge in [-0.2, -0.15) is 26.8 Å². The van der Waals surface area contributed by atoms with Gasteiger partial charge >= 0.3 is 21.7 Å². The van der Waals surface area contributed by atoms with Crippen LogP contribution in [0.25, 0.3) is 0 Å². The molecule has 0 unspecified atom stereocenters. The van der Waals surface area contributed by atoms with Crippen molar-refractivity contribution in [3.05, 3.63) is 55.5 Å². The van der Waals surface area contributed by atoms with Crippen molar-refractivity contribution in [2.75, 3.05) is 13.2 Å². The molecule has 0 saturated carbocycles. The second-order valence-corrected chi connectivity index (χ2v) is 4.07. The van der Waals surface area contributed by atoms with Crippen molar-refractivity contribution in [1.29, 1.82) is 0 Å². The smallest absolute Gasteiger partial charge is 0.854 e. The quantitative estimate of drug-likeness (QED) is 0.455. The van der Waals surface area contributed by atoms with Gasteiger partial charge in [-0.1, -0.05) is 25.0 Å². The fourth-order valence-electron chi connectivity index (χ4n) is 0.507. The first-order valence-corrected chi connectivity index (χ1v) is 6.43. The Morgan fingerprint density at radius 2 is 1.50 bits per heavy atom. The Bertz CT molecular complexity index is 198. The Morgan fingerprint density at radius 3 is 1.55 bits per heavy atom. The van der Waals surface area contributed by atoms with Crippen molar-refractivity contribution in [3.63, 3.8) is 0 Å². The summed E-state index contributed by atoms with van der Waals surface area (Å²) in [5, 5.41) is 18.9. The van der Waals surface area contributed by atoms with Crippen LogP contribution >= 0.6 is 0 Å². The van der Waals surface area contributed by atoms with Crippen LogP contribution in [-0.2, 0) is 21.7 Å². The zero-order valence-corrected chi connectivity index (χ0v) is 14.7. The van der Waals surface area contributed by atoms with Gasteiger partial charge in [0.05, 0.1) is 0 Å². The first kappa shape index (κ1) is 27.9. The van der Waals surface area contributed by atoms with Crippen molar-refractivity contribution in [1.82, 2.24) is 0 Å². The maximum atomic E-state index is 9.46. The van der Waals surface area contributed by atoms with Crippen LogP contribution in [0.4, 0.5) is 0 Å². The summed E-state index contributed by atoms with van der Waals surface area (Å²) in [5.41, 5.74) is 0. The molecule has 20 heavy (non-hydrogen) atoms. The molecule has 0 N–H and O–H groups in total. The van der Waals surface area contributed by atoms with Crippen LogP contribution in [0.5, 0.6) is 0 Å². The van der Waals surface area contributed by atoms with Crippen LogP contribution in [-0.4, -0.2) is 13.2 Å². The van der Waals surface area contributed by atoms with E-state index in [1.165, 1.54) is 5.92 Å². The fraction of sp³-hybridized carbons (Fsp3) is 0.471. The zero-order valence-electron chi connectivity index (χ0n) is 13.2. The van der Waals surface area contributed by atoms with Gasteiger partial charge in [0.15, 0.2) is 0 Å². The first-order valence-electron chi connectivity index (χ1n) is 6.43. The first-order chi connectivity index (χ1) is 9.06. The van der Waals surface area contributed by atoms with E-state index in [9.17, 15) is 10.2 Å². The predicted octanol–water partition coefficient (Wildman–Crippen LogP) is 2.77. The minimum absolute atomic E-state index is 0. The van der Waals surface area contributed by atoms with Crippen LogP contribution in [0, 0.1) is 12.0 Å². The van der Waals surface area contributed by atoms with Crippen molar-refractivity contribution in [2.24, 2.45) is 0 Å². The normalized spacial score (nSPS) is 9.90. The minimum atomic E-state index is -0.0243. The standard InChI is InChI=1S/C5H5.2C4H7O.C4H9.Ti/c1-2-4-5-3-1;2*1-2-3-4-5;1-4(2)3;/h1-3H,4H2;2*2H,1,3-4H2;1-3H3;/q4*-1;+4. The van der Waals surface area contributed by atoms with E-state index < -0.39 is 0 Å². The van der Waals surface area contributed by atoms with E-state index in [-0.39, 0.29) is 34.9 Å². The van der Waals surface area contributed by atoms with Crippen molar-refractivity contribution < 1.29 is 31.9 Å². The zero-order chi connectivity index (χ0) is 15.4. The summed E-state index contributed by atoms with van der Waals surface area (Å²) in [7, 11) is 0. The van der Waals surface area contributed by atoms with Gasteiger partial charge in [-0.25, -0.2) is 12.2 Å². The van der Waals surface area contributed by atoms with Gasteiger partial charge in [-0.3, -0.25) is 6.08 Å². The van der Waals surface area contributed by atoms with Crippen LogP contribution < -0.4 is 10.2 Å². The van der Waals surface area contributed by atoms with Crippen molar-refractivity contribution >= 4 is 0 Å². The monoisotopic (exact) mass is 312 g/mol. The number of allylic oxidation sites excluding steroid dienone is 4. The van der Waals surface area contributed by atoms with Crippen LogP contribution in [0.2, 0.25) is 0 Å². The second-order valence-electron chi connectivity index (χ2n) is 4.07. The van der Waals surface area contributed by atoms with Crippen molar-refractivity contribution in [2.45, 2.75) is 40.0 Å². The molecular formula is C17H28O2Ti. The Kier molecular flexibility index (Phi) is 43.4. The molecule has 2 nitrogen and oxygen atoms in total. The molecule has 3 heteroatoms. The average Bonchev–Trinajstić information content (AvgIpc) is 2.90. The molecule has 1 aliphatic carbocycles. The SMILES string of the molecule is C=CCC[O-].C=CCC[O-].C[C-](C)C.[C-]1=CC=CC1.[Ti+4]. The predicted molar refractivity (Wildman–Crippen MR) is 81.2 cm³/mol. The molecule has 0 fully saturated rings. The molecule has 0 heterocycles. The molecule has 0 bridgehead atoms. The van der Waals surface area contributed by atoms with Crippen LogP contribution in [0.3, 0.4) is 0 Å². The number of rotatable bonds is 4.